The SMILES string of the molecule is Cn1ccnc1[C@@H](NC(=O)[C@@H]1CCCN(C(=O)c2cccc3ccccc23)C1)c1ccc(Cl)cc1. The van der Waals surface area contributed by atoms with Crippen LogP contribution in [0.3, 0.4) is 0 Å². The molecule has 0 radical (unpaired) electrons. The highest BCUT2D eigenvalue weighted by molar-refractivity contribution is 6.30. The van der Waals surface area contributed by atoms with Crippen molar-refractivity contribution in [2.24, 2.45) is 13.0 Å². The number of imidazole rings is 1. The number of carbonyl (C=O) groups excluding carboxylic acids is 2. The third-order valence-corrected chi connectivity index (χ3v) is 6.96. The number of likely N-dealkylation sites (tertiary alicyclic amines) is 1. The van der Waals surface area contributed by atoms with E-state index in [0.29, 0.717) is 23.7 Å². The molecule has 1 aliphatic rings. The van der Waals surface area contributed by atoms with Crippen molar-refractivity contribution in [3.8, 4) is 0 Å². The first kappa shape index (κ1) is 23.1. The minimum atomic E-state index is -0.413. The number of amides is 2. The monoisotopic (exact) mass is 486 g/mol. The fourth-order valence-electron chi connectivity index (χ4n) is 4.83. The van der Waals surface area contributed by atoms with E-state index in [9.17, 15) is 9.59 Å². The van der Waals surface area contributed by atoms with Crippen molar-refractivity contribution in [2.75, 3.05) is 13.1 Å². The van der Waals surface area contributed by atoms with Gasteiger partial charge in [0.15, 0.2) is 0 Å². The van der Waals surface area contributed by atoms with Gasteiger partial charge in [-0.2, -0.15) is 0 Å². The number of rotatable bonds is 5. The van der Waals surface area contributed by atoms with Gasteiger partial charge < -0.3 is 14.8 Å². The Morgan fingerprint density at radius 2 is 1.83 bits per heavy atom. The molecular weight excluding hydrogens is 460 g/mol. The minimum absolute atomic E-state index is 0.0300. The quantitative estimate of drug-likeness (QED) is 0.432. The Bertz CT molecular complexity index is 1360. The number of benzene rings is 3. The van der Waals surface area contributed by atoms with E-state index in [1.165, 1.54) is 0 Å². The first-order valence-corrected chi connectivity index (χ1v) is 12.2. The number of hydrogen-bond donors (Lipinski definition) is 1. The molecular formula is C28H27ClN4O2. The van der Waals surface area contributed by atoms with Gasteiger partial charge >= 0.3 is 0 Å². The standard InChI is InChI=1S/C28H27ClN4O2/c1-32-17-15-30-26(32)25(20-11-13-22(29)14-12-20)31-27(34)21-8-5-16-33(18-21)28(35)24-10-4-7-19-6-2-3-9-23(19)24/h2-4,6-7,9-15,17,21,25H,5,8,16,18H2,1H3,(H,31,34)/t21-,25+/m1/s1. The zero-order chi connectivity index (χ0) is 24.4. The summed E-state index contributed by atoms with van der Waals surface area (Å²) in [6, 6.07) is 20.7. The molecule has 1 N–H and O–H groups in total. The summed E-state index contributed by atoms with van der Waals surface area (Å²) in [7, 11) is 1.91. The van der Waals surface area contributed by atoms with Crippen LogP contribution in [-0.2, 0) is 11.8 Å². The molecule has 1 aromatic heterocycles. The highest BCUT2D eigenvalue weighted by atomic mass is 35.5. The van der Waals surface area contributed by atoms with Crippen LogP contribution in [0.5, 0.6) is 0 Å². The van der Waals surface area contributed by atoms with E-state index < -0.39 is 6.04 Å². The van der Waals surface area contributed by atoms with Crippen LogP contribution in [0.25, 0.3) is 10.8 Å². The summed E-state index contributed by atoms with van der Waals surface area (Å²) in [5.41, 5.74) is 1.58. The molecule has 1 saturated heterocycles. The summed E-state index contributed by atoms with van der Waals surface area (Å²) in [6.45, 7) is 1.04. The minimum Gasteiger partial charge on any atom is -0.342 e. The van der Waals surface area contributed by atoms with Crippen LogP contribution in [0.2, 0.25) is 5.02 Å². The van der Waals surface area contributed by atoms with Crippen LogP contribution >= 0.6 is 11.6 Å². The van der Waals surface area contributed by atoms with Gasteiger partial charge in [0.2, 0.25) is 5.91 Å². The molecule has 2 amide bonds. The molecule has 0 bridgehead atoms. The van der Waals surface area contributed by atoms with Gasteiger partial charge in [0.05, 0.1) is 5.92 Å². The average molecular weight is 487 g/mol. The van der Waals surface area contributed by atoms with E-state index in [1.807, 2.05) is 89.4 Å². The van der Waals surface area contributed by atoms with Gasteiger partial charge in [0.25, 0.3) is 5.91 Å². The topological polar surface area (TPSA) is 67.2 Å². The molecule has 3 aromatic carbocycles. The molecule has 178 valence electrons. The predicted molar refractivity (Wildman–Crippen MR) is 137 cm³/mol. The van der Waals surface area contributed by atoms with Crippen molar-refractivity contribution < 1.29 is 9.59 Å². The molecule has 1 aliphatic heterocycles. The molecule has 0 saturated carbocycles. The van der Waals surface area contributed by atoms with Gasteiger partial charge in [-0.15, -0.1) is 0 Å². The van der Waals surface area contributed by atoms with Crippen LogP contribution in [0.4, 0.5) is 0 Å². The highest BCUT2D eigenvalue weighted by Crippen LogP contribution is 2.26. The normalized spacial score (nSPS) is 16.7. The second-order valence-corrected chi connectivity index (χ2v) is 9.44. The zero-order valence-corrected chi connectivity index (χ0v) is 20.3. The Morgan fingerprint density at radius 3 is 2.60 bits per heavy atom. The van der Waals surface area contributed by atoms with Gasteiger partial charge in [-0.1, -0.05) is 60.1 Å². The molecule has 2 heterocycles. The average Bonchev–Trinajstić information content (AvgIpc) is 3.32. The van der Waals surface area contributed by atoms with Crippen LogP contribution < -0.4 is 5.32 Å². The maximum absolute atomic E-state index is 13.5. The number of halogens is 1. The summed E-state index contributed by atoms with van der Waals surface area (Å²) >= 11 is 6.09. The van der Waals surface area contributed by atoms with Crippen molar-refractivity contribution in [3.63, 3.8) is 0 Å². The lowest BCUT2D eigenvalue weighted by molar-refractivity contribution is -0.126. The Hall–Kier alpha value is -3.64. The van der Waals surface area contributed by atoms with E-state index in [2.05, 4.69) is 10.3 Å². The fraction of sp³-hybridized carbons (Fsp3) is 0.250. The van der Waals surface area contributed by atoms with Gasteiger partial charge in [0, 0.05) is 43.1 Å². The molecule has 35 heavy (non-hydrogen) atoms. The maximum atomic E-state index is 13.5. The van der Waals surface area contributed by atoms with Crippen molar-refractivity contribution in [2.45, 2.75) is 18.9 Å². The van der Waals surface area contributed by atoms with E-state index >= 15 is 0 Å². The third-order valence-electron chi connectivity index (χ3n) is 6.71. The highest BCUT2D eigenvalue weighted by Gasteiger charge is 2.31. The molecule has 7 heteroatoms. The molecule has 0 aliphatic carbocycles. The number of nitrogens with one attached hydrogen (secondary N) is 1. The summed E-state index contributed by atoms with van der Waals surface area (Å²) in [5.74, 6) is 0.332. The Labute approximate surface area is 209 Å². The number of aromatic nitrogens is 2. The molecule has 0 spiro atoms. The predicted octanol–water partition coefficient (Wildman–Crippen LogP) is 4.98. The molecule has 4 aromatic rings. The molecule has 1 fully saturated rings. The number of fused-ring (bicyclic) bond motifs is 1. The lowest BCUT2D eigenvalue weighted by Gasteiger charge is -2.33. The smallest absolute Gasteiger partial charge is 0.254 e. The summed E-state index contributed by atoms with van der Waals surface area (Å²) in [5, 5.41) is 5.79. The van der Waals surface area contributed by atoms with Crippen LogP contribution in [0.15, 0.2) is 79.1 Å². The van der Waals surface area contributed by atoms with E-state index in [1.54, 1.807) is 6.20 Å². The number of nitrogens with zero attached hydrogens (tertiary/aromatic N) is 3. The van der Waals surface area contributed by atoms with Gasteiger partial charge in [0.1, 0.15) is 11.9 Å². The largest absolute Gasteiger partial charge is 0.342 e. The van der Waals surface area contributed by atoms with E-state index in [-0.39, 0.29) is 17.7 Å². The second kappa shape index (κ2) is 9.92. The third kappa shape index (κ3) is 4.80. The van der Waals surface area contributed by atoms with E-state index in [0.717, 1.165) is 35.0 Å². The zero-order valence-electron chi connectivity index (χ0n) is 19.5. The number of aryl methyl sites for hydroxylation is 1. The van der Waals surface area contributed by atoms with Crippen LogP contribution in [0, 0.1) is 5.92 Å². The lowest BCUT2D eigenvalue weighted by Crippen LogP contribution is -2.46. The Morgan fingerprint density at radius 1 is 1.06 bits per heavy atom. The summed E-state index contributed by atoms with van der Waals surface area (Å²) in [4.78, 5) is 33.2. The number of piperidine rings is 1. The van der Waals surface area contributed by atoms with Crippen molar-refractivity contribution >= 4 is 34.2 Å². The first-order valence-electron chi connectivity index (χ1n) is 11.8. The molecule has 2 atom stereocenters. The van der Waals surface area contributed by atoms with Gasteiger partial charge in [-0.25, -0.2) is 4.98 Å². The van der Waals surface area contributed by atoms with Gasteiger partial charge in [-0.3, -0.25) is 9.59 Å². The molecule has 0 unspecified atom stereocenters. The molecule has 6 nitrogen and oxygen atoms in total. The number of carbonyl (C=O) groups is 2. The maximum Gasteiger partial charge on any atom is 0.254 e. The second-order valence-electron chi connectivity index (χ2n) is 9.01. The lowest BCUT2D eigenvalue weighted by atomic mass is 9.94. The fourth-order valence-corrected chi connectivity index (χ4v) is 4.95. The molecule has 5 rings (SSSR count). The van der Waals surface area contributed by atoms with Crippen molar-refractivity contribution in [1.82, 2.24) is 19.8 Å². The van der Waals surface area contributed by atoms with Crippen LogP contribution in [0.1, 0.15) is 40.6 Å². The first-order chi connectivity index (χ1) is 17.0. The van der Waals surface area contributed by atoms with Crippen molar-refractivity contribution in [1.29, 1.82) is 0 Å². The number of hydrogen-bond acceptors (Lipinski definition) is 3. The summed E-state index contributed by atoms with van der Waals surface area (Å²) in [6.07, 6.45) is 5.09. The summed E-state index contributed by atoms with van der Waals surface area (Å²) < 4.78 is 1.90. The van der Waals surface area contributed by atoms with Crippen LogP contribution in [-0.4, -0.2) is 39.4 Å². The van der Waals surface area contributed by atoms with Gasteiger partial charge in [-0.05, 0) is 47.4 Å². The Balaban J connectivity index is 1.35. The Kier molecular flexibility index (Phi) is 6.55. The van der Waals surface area contributed by atoms with E-state index in [4.69, 9.17) is 11.6 Å². The van der Waals surface area contributed by atoms with Crippen molar-refractivity contribution in [3.05, 3.63) is 101 Å².